The maximum absolute atomic E-state index is 12.6. The predicted molar refractivity (Wildman–Crippen MR) is 51.9 cm³/mol. The van der Waals surface area contributed by atoms with Crippen LogP contribution >= 0.6 is 34.8 Å². The summed E-state index contributed by atoms with van der Waals surface area (Å²) in [5, 5.41) is 9.51. The van der Waals surface area contributed by atoms with Gasteiger partial charge in [0.2, 0.25) is 0 Å². The molecule has 1 atom stereocenters. The Labute approximate surface area is 90.0 Å². The highest BCUT2D eigenvalue weighted by Crippen LogP contribution is 2.29. The molecule has 1 nitrogen and oxygen atoms in total. The molecular formula is C8H6Cl3FO. The van der Waals surface area contributed by atoms with Gasteiger partial charge in [-0.15, -0.1) is 23.2 Å². The average molecular weight is 243 g/mol. The second-order valence-electron chi connectivity index (χ2n) is 2.45. The average Bonchev–Trinajstić information content (AvgIpc) is 2.03. The molecule has 1 rings (SSSR count). The maximum atomic E-state index is 12.6. The molecule has 72 valence electrons. The molecule has 1 aromatic carbocycles. The molecule has 0 heterocycles. The molecule has 0 amide bonds. The molecular weight excluding hydrogens is 237 g/mol. The minimum atomic E-state index is -1.10. The van der Waals surface area contributed by atoms with Crippen LogP contribution in [0.15, 0.2) is 18.2 Å². The van der Waals surface area contributed by atoms with Crippen LogP contribution in [0.5, 0.6) is 0 Å². The topological polar surface area (TPSA) is 20.2 Å². The molecule has 0 radical (unpaired) electrons. The van der Waals surface area contributed by atoms with Crippen molar-refractivity contribution in [2.45, 2.75) is 10.9 Å². The number of alkyl halides is 2. The highest BCUT2D eigenvalue weighted by atomic mass is 35.5. The fourth-order valence-corrected chi connectivity index (χ4v) is 1.43. The molecule has 0 saturated carbocycles. The van der Waals surface area contributed by atoms with E-state index in [0.29, 0.717) is 5.56 Å². The standard InChI is InChI=1S/C8H6Cl3FO/c9-6-3-4(12)1-2-5(6)7(13)8(10)11/h1-3,7-8,13H. The molecule has 0 aromatic heterocycles. The van der Waals surface area contributed by atoms with Crippen molar-refractivity contribution < 1.29 is 9.50 Å². The van der Waals surface area contributed by atoms with Gasteiger partial charge < -0.3 is 5.11 Å². The smallest absolute Gasteiger partial charge is 0.137 e. The summed E-state index contributed by atoms with van der Waals surface area (Å²) in [4.78, 5) is -0.983. The SMILES string of the molecule is OC(c1ccc(F)cc1Cl)C(Cl)Cl. The third-order valence-corrected chi connectivity index (χ3v) is 2.32. The fraction of sp³-hybridized carbons (Fsp3) is 0.250. The molecule has 5 heteroatoms. The zero-order valence-corrected chi connectivity index (χ0v) is 8.61. The van der Waals surface area contributed by atoms with Gasteiger partial charge >= 0.3 is 0 Å². The minimum Gasteiger partial charge on any atom is -0.386 e. The van der Waals surface area contributed by atoms with Crippen molar-refractivity contribution >= 4 is 34.8 Å². The monoisotopic (exact) mass is 242 g/mol. The zero-order valence-electron chi connectivity index (χ0n) is 6.35. The minimum absolute atomic E-state index is 0.110. The van der Waals surface area contributed by atoms with E-state index in [2.05, 4.69) is 0 Å². The predicted octanol–water partition coefficient (Wildman–Crippen LogP) is 3.32. The van der Waals surface area contributed by atoms with Crippen LogP contribution in [0, 0.1) is 5.82 Å². The van der Waals surface area contributed by atoms with Gasteiger partial charge in [0, 0.05) is 10.6 Å². The van der Waals surface area contributed by atoms with Gasteiger partial charge in [0.25, 0.3) is 0 Å². The van der Waals surface area contributed by atoms with Crippen LogP contribution in [0.3, 0.4) is 0 Å². The van der Waals surface area contributed by atoms with Crippen molar-refractivity contribution in [2.24, 2.45) is 0 Å². The quantitative estimate of drug-likeness (QED) is 0.790. The van der Waals surface area contributed by atoms with Gasteiger partial charge in [-0.2, -0.15) is 0 Å². The van der Waals surface area contributed by atoms with E-state index in [0.717, 1.165) is 6.07 Å². The van der Waals surface area contributed by atoms with E-state index in [9.17, 15) is 9.50 Å². The highest BCUT2D eigenvalue weighted by Gasteiger charge is 2.18. The van der Waals surface area contributed by atoms with Gasteiger partial charge in [-0.3, -0.25) is 0 Å². The van der Waals surface area contributed by atoms with E-state index in [-0.39, 0.29) is 5.02 Å². The number of benzene rings is 1. The molecule has 0 aliphatic rings. The van der Waals surface area contributed by atoms with Crippen LogP contribution in [0.2, 0.25) is 5.02 Å². The van der Waals surface area contributed by atoms with E-state index < -0.39 is 16.8 Å². The van der Waals surface area contributed by atoms with E-state index in [1.165, 1.54) is 12.1 Å². The van der Waals surface area contributed by atoms with E-state index in [1.807, 2.05) is 0 Å². The van der Waals surface area contributed by atoms with Crippen molar-refractivity contribution in [3.63, 3.8) is 0 Å². The molecule has 0 bridgehead atoms. The third-order valence-electron chi connectivity index (χ3n) is 1.52. The Balaban J connectivity index is 3.01. The molecule has 0 aliphatic heterocycles. The number of halogens is 4. The van der Waals surface area contributed by atoms with Crippen LogP contribution in [0.25, 0.3) is 0 Å². The number of hydrogen-bond acceptors (Lipinski definition) is 1. The number of aliphatic hydroxyl groups is 1. The summed E-state index contributed by atoms with van der Waals surface area (Å²) in [6, 6.07) is 3.62. The molecule has 0 fully saturated rings. The first kappa shape index (κ1) is 11.1. The molecule has 1 aromatic rings. The molecule has 0 spiro atoms. The fourth-order valence-electron chi connectivity index (χ4n) is 0.877. The summed E-state index contributed by atoms with van der Waals surface area (Å²) in [7, 11) is 0. The summed E-state index contributed by atoms with van der Waals surface area (Å²) >= 11 is 16.5. The summed E-state index contributed by atoms with van der Waals surface area (Å²) in [6.07, 6.45) is -1.10. The van der Waals surface area contributed by atoms with E-state index >= 15 is 0 Å². The lowest BCUT2D eigenvalue weighted by atomic mass is 10.1. The lowest BCUT2D eigenvalue weighted by molar-refractivity contribution is 0.193. The normalized spacial score (nSPS) is 13.4. The van der Waals surface area contributed by atoms with E-state index in [1.54, 1.807) is 0 Å². The Morgan fingerprint density at radius 2 is 1.92 bits per heavy atom. The van der Waals surface area contributed by atoms with Gasteiger partial charge in [-0.1, -0.05) is 17.7 Å². The molecule has 13 heavy (non-hydrogen) atoms. The summed E-state index contributed by atoms with van der Waals surface area (Å²) < 4.78 is 12.6. The zero-order chi connectivity index (χ0) is 10.0. The van der Waals surface area contributed by atoms with Gasteiger partial charge in [0.15, 0.2) is 0 Å². The largest absolute Gasteiger partial charge is 0.386 e. The van der Waals surface area contributed by atoms with Crippen LogP contribution in [0.1, 0.15) is 11.7 Å². The lowest BCUT2D eigenvalue weighted by Gasteiger charge is -2.12. The number of rotatable bonds is 2. The summed E-state index contributed by atoms with van der Waals surface area (Å²) in [6.45, 7) is 0. The second kappa shape index (κ2) is 4.47. The first-order chi connectivity index (χ1) is 6.02. The molecule has 0 saturated heterocycles. The first-order valence-corrected chi connectivity index (χ1v) is 4.68. The Hall–Kier alpha value is -0.0200. The Morgan fingerprint density at radius 3 is 2.38 bits per heavy atom. The maximum Gasteiger partial charge on any atom is 0.137 e. The van der Waals surface area contributed by atoms with Crippen LogP contribution < -0.4 is 0 Å². The van der Waals surface area contributed by atoms with Crippen molar-refractivity contribution in [1.82, 2.24) is 0 Å². The van der Waals surface area contributed by atoms with Crippen molar-refractivity contribution in [1.29, 1.82) is 0 Å². The van der Waals surface area contributed by atoms with Crippen LogP contribution in [-0.4, -0.2) is 9.94 Å². The van der Waals surface area contributed by atoms with Gasteiger partial charge in [0.1, 0.15) is 16.8 Å². The highest BCUT2D eigenvalue weighted by molar-refractivity contribution is 6.44. The second-order valence-corrected chi connectivity index (χ2v) is 4.02. The molecule has 1 N–H and O–H groups in total. The van der Waals surface area contributed by atoms with Crippen molar-refractivity contribution in [2.75, 3.05) is 0 Å². The summed E-state index contributed by atoms with van der Waals surface area (Å²) in [5.41, 5.74) is 0.318. The van der Waals surface area contributed by atoms with Crippen LogP contribution in [-0.2, 0) is 0 Å². The Kier molecular flexibility index (Phi) is 3.80. The van der Waals surface area contributed by atoms with Gasteiger partial charge in [0.05, 0.1) is 0 Å². The van der Waals surface area contributed by atoms with Crippen molar-refractivity contribution in [3.8, 4) is 0 Å². The molecule has 0 aliphatic carbocycles. The van der Waals surface area contributed by atoms with Gasteiger partial charge in [-0.05, 0) is 12.1 Å². The van der Waals surface area contributed by atoms with E-state index in [4.69, 9.17) is 34.8 Å². The number of aliphatic hydroxyl groups excluding tert-OH is 1. The van der Waals surface area contributed by atoms with Gasteiger partial charge in [-0.25, -0.2) is 4.39 Å². The lowest BCUT2D eigenvalue weighted by Crippen LogP contribution is -2.06. The third kappa shape index (κ3) is 2.71. The Bertz CT molecular complexity index is 303. The van der Waals surface area contributed by atoms with Crippen LogP contribution in [0.4, 0.5) is 4.39 Å². The summed E-state index contributed by atoms with van der Waals surface area (Å²) in [5.74, 6) is -0.471. The van der Waals surface area contributed by atoms with Crippen molar-refractivity contribution in [3.05, 3.63) is 34.6 Å². The Morgan fingerprint density at radius 1 is 1.31 bits per heavy atom. The number of hydrogen-bond donors (Lipinski definition) is 1. The molecule has 1 unspecified atom stereocenters. The first-order valence-electron chi connectivity index (χ1n) is 3.43.